The molecule has 17 heavy (non-hydrogen) atoms. The Bertz CT molecular complexity index is 416. The zero-order valence-electron chi connectivity index (χ0n) is 10.1. The Hall–Kier alpha value is -1.43. The molecule has 0 spiro atoms. The van der Waals surface area contributed by atoms with Gasteiger partial charge in [-0.3, -0.25) is 14.8 Å². The molecule has 6 nitrogen and oxygen atoms in total. The lowest BCUT2D eigenvalue weighted by Crippen LogP contribution is -2.10. The Morgan fingerprint density at radius 1 is 1.53 bits per heavy atom. The minimum atomic E-state index is -0.389. The summed E-state index contributed by atoms with van der Waals surface area (Å²) < 4.78 is 7.28. The van der Waals surface area contributed by atoms with E-state index in [2.05, 4.69) is 12.0 Å². The topological polar surface area (TPSA) is 70.2 Å². The van der Waals surface area contributed by atoms with Crippen molar-refractivity contribution in [2.45, 2.75) is 32.3 Å². The van der Waals surface area contributed by atoms with Gasteiger partial charge in [-0.2, -0.15) is 5.10 Å². The summed E-state index contributed by atoms with van der Waals surface area (Å²) in [7, 11) is 1.72. The molecule has 1 saturated heterocycles. The van der Waals surface area contributed by atoms with Gasteiger partial charge in [-0.1, -0.05) is 6.92 Å². The Morgan fingerprint density at radius 3 is 3.00 bits per heavy atom. The molecule has 1 aromatic heterocycles. The SMILES string of the molecule is CC1CCOC(c2c([N+](=O)[O-])cnn2C)CC1. The second kappa shape index (κ2) is 4.83. The molecule has 0 saturated carbocycles. The first-order valence-electron chi connectivity index (χ1n) is 5.87. The van der Waals surface area contributed by atoms with E-state index in [0.29, 0.717) is 18.2 Å². The predicted octanol–water partition coefficient (Wildman–Crippen LogP) is 2.21. The average molecular weight is 239 g/mol. The van der Waals surface area contributed by atoms with Crippen LogP contribution in [-0.2, 0) is 11.8 Å². The van der Waals surface area contributed by atoms with Crippen molar-refractivity contribution < 1.29 is 9.66 Å². The minimum absolute atomic E-state index is 0.0621. The van der Waals surface area contributed by atoms with Crippen molar-refractivity contribution in [1.29, 1.82) is 0 Å². The van der Waals surface area contributed by atoms with Crippen LogP contribution in [0.3, 0.4) is 0 Å². The van der Waals surface area contributed by atoms with Gasteiger partial charge in [-0.05, 0) is 25.2 Å². The first kappa shape index (κ1) is 12.0. The van der Waals surface area contributed by atoms with Crippen molar-refractivity contribution in [1.82, 2.24) is 9.78 Å². The summed E-state index contributed by atoms with van der Waals surface area (Å²) >= 11 is 0. The highest BCUT2D eigenvalue weighted by Crippen LogP contribution is 2.34. The minimum Gasteiger partial charge on any atom is -0.372 e. The van der Waals surface area contributed by atoms with E-state index in [1.807, 2.05) is 0 Å². The van der Waals surface area contributed by atoms with E-state index in [1.165, 1.54) is 6.20 Å². The van der Waals surface area contributed by atoms with Crippen LogP contribution in [0, 0.1) is 16.0 Å². The van der Waals surface area contributed by atoms with Crippen molar-refractivity contribution in [3.63, 3.8) is 0 Å². The molecule has 0 radical (unpaired) electrons. The summed E-state index contributed by atoms with van der Waals surface area (Å²) in [6, 6.07) is 0. The van der Waals surface area contributed by atoms with E-state index >= 15 is 0 Å². The third kappa shape index (κ3) is 2.46. The molecule has 0 aliphatic carbocycles. The van der Waals surface area contributed by atoms with Crippen LogP contribution in [0.2, 0.25) is 0 Å². The van der Waals surface area contributed by atoms with Crippen LogP contribution in [0.5, 0.6) is 0 Å². The Morgan fingerprint density at radius 2 is 2.29 bits per heavy atom. The molecule has 0 amide bonds. The molecular weight excluding hydrogens is 222 g/mol. The number of ether oxygens (including phenoxy) is 1. The van der Waals surface area contributed by atoms with E-state index in [4.69, 9.17) is 4.74 Å². The maximum absolute atomic E-state index is 10.9. The smallest absolute Gasteiger partial charge is 0.312 e. The highest BCUT2D eigenvalue weighted by molar-refractivity contribution is 5.34. The van der Waals surface area contributed by atoms with Gasteiger partial charge < -0.3 is 4.74 Å². The molecule has 2 heterocycles. The molecule has 94 valence electrons. The van der Waals surface area contributed by atoms with Crippen LogP contribution in [-0.4, -0.2) is 21.3 Å². The number of aromatic nitrogens is 2. The van der Waals surface area contributed by atoms with Gasteiger partial charge >= 0.3 is 5.69 Å². The largest absolute Gasteiger partial charge is 0.372 e. The molecule has 0 aromatic carbocycles. The average Bonchev–Trinajstić information content (AvgIpc) is 2.52. The predicted molar refractivity (Wildman–Crippen MR) is 61.6 cm³/mol. The quantitative estimate of drug-likeness (QED) is 0.586. The molecule has 1 aromatic rings. The number of aryl methyl sites for hydroxylation is 1. The maximum atomic E-state index is 10.9. The summed E-state index contributed by atoms with van der Waals surface area (Å²) in [6.45, 7) is 2.84. The van der Waals surface area contributed by atoms with Crippen LogP contribution in [0.1, 0.15) is 38.0 Å². The van der Waals surface area contributed by atoms with Gasteiger partial charge in [0.05, 0.1) is 4.92 Å². The fourth-order valence-corrected chi connectivity index (χ4v) is 2.24. The second-order valence-corrected chi connectivity index (χ2v) is 4.63. The Balaban J connectivity index is 2.26. The fourth-order valence-electron chi connectivity index (χ4n) is 2.24. The molecule has 1 aliphatic rings. The van der Waals surface area contributed by atoms with E-state index in [-0.39, 0.29) is 16.7 Å². The lowest BCUT2D eigenvalue weighted by atomic mass is 10.0. The number of nitro groups is 1. The monoisotopic (exact) mass is 239 g/mol. The van der Waals surface area contributed by atoms with Crippen LogP contribution >= 0.6 is 0 Å². The molecule has 1 aliphatic heterocycles. The normalized spacial score (nSPS) is 25.5. The van der Waals surface area contributed by atoms with Gasteiger partial charge in [0.2, 0.25) is 0 Å². The van der Waals surface area contributed by atoms with Crippen LogP contribution in [0.15, 0.2) is 6.20 Å². The first-order valence-corrected chi connectivity index (χ1v) is 5.87. The van der Waals surface area contributed by atoms with E-state index < -0.39 is 0 Å². The molecule has 2 atom stereocenters. The number of hydrogen-bond acceptors (Lipinski definition) is 4. The summed E-state index contributed by atoms with van der Waals surface area (Å²) in [5, 5.41) is 14.9. The Kier molecular flexibility index (Phi) is 3.42. The molecule has 0 bridgehead atoms. The van der Waals surface area contributed by atoms with Crippen molar-refractivity contribution in [2.24, 2.45) is 13.0 Å². The maximum Gasteiger partial charge on any atom is 0.312 e. The van der Waals surface area contributed by atoms with Gasteiger partial charge in [-0.25, -0.2) is 0 Å². The van der Waals surface area contributed by atoms with Crippen molar-refractivity contribution in [3.05, 3.63) is 22.0 Å². The first-order chi connectivity index (χ1) is 8.09. The van der Waals surface area contributed by atoms with Gasteiger partial charge in [-0.15, -0.1) is 0 Å². The van der Waals surface area contributed by atoms with Crippen LogP contribution < -0.4 is 0 Å². The fraction of sp³-hybridized carbons (Fsp3) is 0.727. The van der Waals surface area contributed by atoms with Crippen molar-refractivity contribution >= 4 is 5.69 Å². The third-order valence-corrected chi connectivity index (χ3v) is 3.32. The summed E-state index contributed by atoms with van der Waals surface area (Å²) in [4.78, 5) is 10.5. The van der Waals surface area contributed by atoms with E-state index in [0.717, 1.165) is 19.3 Å². The van der Waals surface area contributed by atoms with E-state index in [1.54, 1.807) is 11.7 Å². The summed E-state index contributed by atoms with van der Waals surface area (Å²) in [5.41, 5.74) is 0.649. The standard InChI is InChI=1S/C11H17N3O3/c1-8-3-4-10(17-6-5-8)11-9(14(15)16)7-12-13(11)2/h7-8,10H,3-6H2,1-2H3. The molecule has 0 N–H and O–H groups in total. The molecule has 6 heteroatoms. The van der Waals surface area contributed by atoms with Crippen LogP contribution in [0.25, 0.3) is 0 Å². The highest BCUT2D eigenvalue weighted by atomic mass is 16.6. The summed E-state index contributed by atoms with van der Waals surface area (Å²) in [6.07, 6.45) is 3.97. The lowest BCUT2D eigenvalue weighted by Gasteiger charge is -2.14. The van der Waals surface area contributed by atoms with Crippen molar-refractivity contribution in [3.8, 4) is 0 Å². The molecular formula is C11H17N3O3. The zero-order chi connectivity index (χ0) is 12.4. The van der Waals surface area contributed by atoms with Gasteiger partial charge in [0, 0.05) is 13.7 Å². The number of hydrogen-bond donors (Lipinski definition) is 0. The van der Waals surface area contributed by atoms with Crippen LogP contribution in [0.4, 0.5) is 5.69 Å². The number of rotatable bonds is 2. The molecule has 2 rings (SSSR count). The van der Waals surface area contributed by atoms with Gasteiger partial charge in [0.15, 0.2) is 0 Å². The zero-order valence-corrected chi connectivity index (χ0v) is 10.1. The molecule has 2 unspecified atom stereocenters. The van der Waals surface area contributed by atoms with Gasteiger partial charge in [0.1, 0.15) is 18.0 Å². The van der Waals surface area contributed by atoms with E-state index in [9.17, 15) is 10.1 Å². The number of nitrogens with zero attached hydrogens (tertiary/aromatic N) is 3. The highest BCUT2D eigenvalue weighted by Gasteiger charge is 2.29. The summed E-state index contributed by atoms with van der Waals surface area (Å²) in [5.74, 6) is 0.618. The van der Waals surface area contributed by atoms with Gasteiger partial charge in [0.25, 0.3) is 0 Å². The second-order valence-electron chi connectivity index (χ2n) is 4.63. The van der Waals surface area contributed by atoms with Crippen molar-refractivity contribution in [2.75, 3.05) is 6.61 Å². The third-order valence-electron chi connectivity index (χ3n) is 3.32. The lowest BCUT2D eigenvalue weighted by molar-refractivity contribution is -0.386. The molecule has 1 fully saturated rings. The Labute approximate surface area is 99.7 Å².